The topological polar surface area (TPSA) is 78.1 Å². The summed E-state index contributed by atoms with van der Waals surface area (Å²) in [6.07, 6.45) is 7.46. The van der Waals surface area contributed by atoms with Crippen molar-refractivity contribution in [1.82, 2.24) is 4.98 Å². The first-order chi connectivity index (χ1) is 15.2. The number of thioether (sulfide) groups is 1. The first-order valence-electron chi connectivity index (χ1n) is 9.86. The van der Waals surface area contributed by atoms with Gasteiger partial charge in [-0.2, -0.15) is 5.26 Å². The highest BCUT2D eigenvalue weighted by Crippen LogP contribution is 2.38. The average Bonchev–Trinajstić information content (AvgIpc) is 3.14. The molecule has 156 valence electrons. The van der Waals surface area contributed by atoms with Crippen LogP contribution in [0.5, 0.6) is 0 Å². The van der Waals surface area contributed by atoms with Crippen LogP contribution >= 0.6 is 34.7 Å². The maximum Gasteiger partial charge on any atom is 0.235 e. The van der Waals surface area contributed by atoms with E-state index in [9.17, 15) is 10.1 Å². The van der Waals surface area contributed by atoms with E-state index in [-0.39, 0.29) is 11.7 Å². The zero-order valence-corrected chi connectivity index (χ0v) is 19.0. The van der Waals surface area contributed by atoms with Crippen LogP contribution in [0.25, 0.3) is 0 Å². The Balaban J connectivity index is 1.43. The quantitative estimate of drug-likeness (QED) is 0.273. The Bertz CT molecular complexity index is 1180. The van der Waals surface area contributed by atoms with Crippen molar-refractivity contribution in [3.05, 3.63) is 69.3 Å². The number of aryl methyl sites for hydroxylation is 1. The van der Waals surface area contributed by atoms with Crippen LogP contribution in [-0.4, -0.2) is 22.9 Å². The van der Waals surface area contributed by atoms with Crippen molar-refractivity contribution in [2.24, 2.45) is 4.99 Å². The second-order valence-electron chi connectivity index (χ2n) is 6.97. The van der Waals surface area contributed by atoms with Gasteiger partial charge in [-0.25, -0.2) is 4.98 Å². The van der Waals surface area contributed by atoms with E-state index in [0.717, 1.165) is 47.4 Å². The number of carbonyl (C=O) groups is 1. The number of carbonyl (C=O) groups excluding carboxylic acids is 1. The number of nitrogens with zero attached hydrogens (tertiary/aromatic N) is 3. The van der Waals surface area contributed by atoms with Crippen LogP contribution < -0.4 is 5.32 Å². The van der Waals surface area contributed by atoms with Crippen molar-refractivity contribution in [3.8, 4) is 6.07 Å². The van der Waals surface area contributed by atoms with Gasteiger partial charge >= 0.3 is 0 Å². The zero-order chi connectivity index (χ0) is 21.6. The number of fused-ring (bicyclic) bond motifs is 1. The predicted molar refractivity (Wildman–Crippen MR) is 128 cm³/mol. The molecule has 0 unspecified atom stereocenters. The third-order valence-corrected chi connectivity index (χ3v) is 7.48. The van der Waals surface area contributed by atoms with Gasteiger partial charge in [-0.05, 0) is 55.5 Å². The Morgan fingerprint density at radius 1 is 1.29 bits per heavy atom. The molecule has 0 radical (unpaired) electrons. The number of aliphatic imine (C=N–C) groups is 1. The summed E-state index contributed by atoms with van der Waals surface area (Å²) in [4.78, 5) is 23.3. The Hall–Kier alpha value is -2.66. The smallest absolute Gasteiger partial charge is 0.235 e. The maximum absolute atomic E-state index is 12.6. The maximum atomic E-state index is 12.6. The Morgan fingerprint density at radius 3 is 2.97 bits per heavy atom. The third-order valence-electron chi connectivity index (χ3n) is 4.89. The van der Waals surface area contributed by atoms with Crippen molar-refractivity contribution in [2.45, 2.75) is 30.6 Å². The standard InChI is InChI=1S/C23H19ClN4OS2/c24-22-15(6-5-11-26-22)13-27-18-8-2-4-10-20(18)30-14-21(29)28-23-17(12-25)16-7-1-3-9-19(16)31-23/h2,4-6,8,10-11,13H,1,3,7,9,14H2,(H,28,29). The van der Waals surface area contributed by atoms with Gasteiger partial charge in [0.1, 0.15) is 16.2 Å². The number of nitriles is 1. The van der Waals surface area contributed by atoms with Gasteiger partial charge in [0.15, 0.2) is 0 Å². The summed E-state index contributed by atoms with van der Waals surface area (Å²) >= 11 is 9.04. The summed E-state index contributed by atoms with van der Waals surface area (Å²) in [5.41, 5.74) is 3.24. The normalized spacial score (nSPS) is 13.0. The Morgan fingerprint density at radius 2 is 2.13 bits per heavy atom. The number of amides is 1. The SMILES string of the molecule is N#Cc1c(NC(=O)CSc2ccccc2N=Cc2cccnc2Cl)sc2c1CCCC2. The number of benzene rings is 1. The van der Waals surface area contributed by atoms with Gasteiger partial charge in [-0.3, -0.25) is 9.79 Å². The number of aromatic nitrogens is 1. The van der Waals surface area contributed by atoms with Crippen LogP contribution in [0.4, 0.5) is 10.7 Å². The number of para-hydroxylation sites is 1. The van der Waals surface area contributed by atoms with Crippen LogP contribution in [0, 0.1) is 11.3 Å². The van der Waals surface area contributed by atoms with Gasteiger partial charge in [-0.1, -0.05) is 23.7 Å². The highest BCUT2D eigenvalue weighted by Gasteiger charge is 2.21. The highest BCUT2D eigenvalue weighted by molar-refractivity contribution is 8.00. The molecule has 5 nitrogen and oxygen atoms in total. The summed E-state index contributed by atoms with van der Waals surface area (Å²) in [5.74, 6) is 0.0994. The summed E-state index contributed by atoms with van der Waals surface area (Å²) in [7, 11) is 0. The third kappa shape index (κ3) is 5.16. The number of hydrogen-bond acceptors (Lipinski definition) is 6. The zero-order valence-electron chi connectivity index (χ0n) is 16.6. The Labute approximate surface area is 194 Å². The van der Waals surface area contributed by atoms with Crippen LogP contribution in [0.2, 0.25) is 5.15 Å². The molecule has 0 bridgehead atoms. The summed E-state index contributed by atoms with van der Waals surface area (Å²) in [6.45, 7) is 0. The van der Waals surface area contributed by atoms with E-state index in [1.807, 2.05) is 30.3 Å². The number of rotatable bonds is 6. The van der Waals surface area contributed by atoms with E-state index >= 15 is 0 Å². The molecule has 1 amide bonds. The van der Waals surface area contributed by atoms with Gasteiger partial charge in [-0.15, -0.1) is 23.1 Å². The monoisotopic (exact) mass is 466 g/mol. The van der Waals surface area contributed by atoms with Crippen molar-refractivity contribution >= 4 is 57.5 Å². The molecule has 0 saturated carbocycles. The fourth-order valence-electron chi connectivity index (χ4n) is 3.40. The highest BCUT2D eigenvalue weighted by atomic mass is 35.5. The van der Waals surface area contributed by atoms with Gasteiger partial charge in [0.05, 0.1) is 17.0 Å². The molecular weight excluding hydrogens is 448 g/mol. The molecule has 0 spiro atoms. The van der Waals surface area contributed by atoms with Gasteiger partial charge in [0.25, 0.3) is 0 Å². The molecule has 8 heteroatoms. The minimum Gasteiger partial charge on any atom is -0.316 e. The number of thiophene rings is 1. The fraction of sp³-hybridized carbons (Fsp3) is 0.217. The van der Waals surface area contributed by atoms with Gasteiger partial charge < -0.3 is 5.32 Å². The van der Waals surface area contributed by atoms with Crippen molar-refractivity contribution in [1.29, 1.82) is 5.26 Å². The van der Waals surface area contributed by atoms with E-state index in [2.05, 4.69) is 21.4 Å². The molecule has 2 heterocycles. The average molecular weight is 467 g/mol. The van der Waals surface area contributed by atoms with Crippen LogP contribution in [-0.2, 0) is 17.6 Å². The molecule has 2 aromatic heterocycles. The predicted octanol–water partition coefficient (Wildman–Crippen LogP) is 6.03. The van der Waals surface area contributed by atoms with Crippen LogP contribution in [0.3, 0.4) is 0 Å². The van der Waals surface area contributed by atoms with Crippen molar-refractivity contribution < 1.29 is 4.79 Å². The molecule has 1 N–H and O–H groups in total. The summed E-state index contributed by atoms with van der Waals surface area (Å²) < 4.78 is 0. The molecular formula is C23H19ClN4OS2. The molecule has 31 heavy (non-hydrogen) atoms. The minimum atomic E-state index is -0.130. The van der Waals surface area contributed by atoms with E-state index in [4.69, 9.17) is 11.6 Å². The molecule has 0 atom stereocenters. The Kier molecular flexibility index (Phi) is 7.03. The van der Waals surface area contributed by atoms with Crippen molar-refractivity contribution in [3.63, 3.8) is 0 Å². The molecule has 1 aliphatic rings. The van der Waals surface area contributed by atoms with E-state index < -0.39 is 0 Å². The molecule has 0 aliphatic heterocycles. The molecule has 0 saturated heterocycles. The molecule has 1 aliphatic carbocycles. The molecule has 4 rings (SSSR count). The summed E-state index contributed by atoms with van der Waals surface area (Å²) in [6, 6.07) is 13.6. The molecule has 0 fully saturated rings. The number of hydrogen-bond donors (Lipinski definition) is 1. The van der Waals surface area contributed by atoms with E-state index in [1.54, 1.807) is 29.8 Å². The number of anilines is 1. The first-order valence-corrected chi connectivity index (χ1v) is 12.0. The largest absolute Gasteiger partial charge is 0.316 e. The fourth-order valence-corrected chi connectivity index (χ4v) is 5.62. The van der Waals surface area contributed by atoms with Crippen molar-refractivity contribution in [2.75, 3.05) is 11.1 Å². The second kappa shape index (κ2) is 10.1. The lowest BCUT2D eigenvalue weighted by molar-refractivity contribution is -0.113. The summed E-state index contributed by atoms with van der Waals surface area (Å²) in [5, 5.41) is 13.6. The lowest BCUT2D eigenvalue weighted by Crippen LogP contribution is -2.14. The number of halogens is 1. The van der Waals surface area contributed by atoms with Crippen LogP contribution in [0.1, 0.15) is 34.4 Å². The van der Waals surface area contributed by atoms with Gasteiger partial charge in [0, 0.05) is 27.7 Å². The minimum absolute atomic E-state index is 0.130. The lowest BCUT2D eigenvalue weighted by atomic mass is 9.96. The first kappa shape index (κ1) is 21.6. The van der Waals surface area contributed by atoms with E-state index in [0.29, 0.717) is 15.7 Å². The molecule has 1 aromatic carbocycles. The van der Waals surface area contributed by atoms with E-state index in [1.165, 1.54) is 16.6 Å². The van der Waals surface area contributed by atoms with Crippen LogP contribution in [0.15, 0.2) is 52.5 Å². The lowest BCUT2D eigenvalue weighted by Gasteiger charge is -2.09. The number of nitrogens with one attached hydrogen (secondary N) is 1. The second-order valence-corrected chi connectivity index (χ2v) is 9.45. The molecule has 3 aromatic rings. The van der Waals surface area contributed by atoms with Gasteiger partial charge in [0.2, 0.25) is 5.91 Å². The number of pyridine rings is 1.